The SMILES string of the molecule is CCN(CC)c1ccc(C=C2C(=O)OC(c3ccc(SC)cc3)OC2=O)cc1. The van der Waals surface area contributed by atoms with Crippen LogP contribution in [-0.2, 0) is 19.1 Å². The van der Waals surface area contributed by atoms with Crippen molar-refractivity contribution >= 4 is 35.5 Å². The summed E-state index contributed by atoms with van der Waals surface area (Å²) in [5.74, 6) is -1.36. The standard InChI is InChI=1S/C22H23NO4S/c1-4-23(5-2)17-10-6-15(7-11-17)14-19-20(24)26-22(27-21(19)25)16-8-12-18(28-3)13-9-16/h6-14,22H,4-5H2,1-3H3. The number of carbonyl (C=O) groups excluding carboxylic acids is 2. The van der Waals surface area contributed by atoms with Crippen LogP contribution in [0.15, 0.2) is 59.0 Å². The van der Waals surface area contributed by atoms with E-state index in [0.29, 0.717) is 5.56 Å². The molecule has 0 aliphatic carbocycles. The van der Waals surface area contributed by atoms with Crippen molar-refractivity contribution < 1.29 is 19.1 Å². The molecular weight excluding hydrogens is 374 g/mol. The highest BCUT2D eigenvalue weighted by molar-refractivity contribution is 7.98. The zero-order chi connectivity index (χ0) is 20.1. The number of hydrogen-bond acceptors (Lipinski definition) is 6. The summed E-state index contributed by atoms with van der Waals surface area (Å²) >= 11 is 1.60. The van der Waals surface area contributed by atoms with E-state index < -0.39 is 18.2 Å². The lowest BCUT2D eigenvalue weighted by Crippen LogP contribution is -2.29. The molecule has 1 aliphatic rings. The van der Waals surface area contributed by atoms with Crippen LogP contribution in [0, 0.1) is 0 Å². The molecule has 28 heavy (non-hydrogen) atoms. The van der Waals surface area contributed by atoms with E-state index in [1.54, 1.807) is 23.9 Å². The molecule has 0 aromatic heterocycles. The Bertz CT molecular complexity index is 850. The lowest BCUT2D eigenvalue weighted by Gasteiger charge is -2.24. The average Bonchev–Trinajstić information content (AvgIpc) is 2.72. The molecule has 1 fully saturated rings. The van der Waals surface area contributed by atoms with Crippen molar-refractivity contribution in [1.29, 1.82) is 0 Å². The number of carbonyl (C=O) groups is 2. The fourth-order valence-corrected chi connectivity index (χ4v) is 3.39. The summed E-state index contributed by atoms with van der Waals surface area (Å²) in [4.78, 5) is 28.1. The minimum absolute atomic E-state index is 0.104. The van der Waals surface area contributed by atoms with E-state index in [-0.39, 0.29) is 5.57 Å². The second kappa shape index (κ2) is 8.97. The summed E-state index contributed by atoms with van der Waals surface area (Å²) in [6, 6.07) is 15.0. The highest BCUT2D eigenvalue weighted by Gasteiger charge is 2.34. The van der Waals surface area contributed by atoms with Crippen molar-refractivity contribution in [1.82, 2.24) is 0 Å². The van der Waals surface area contributed by atoms with Gasteiger partial charge in [0.05, 0.1) is 0 Å². The first-order valence-electron chi connectivity index (χ1n) is 9.18. The van der Waals surface area contributed by atoms with Gasteiger partial charge in [0.15, 0.2) is 0 Å². The molecule has 0 unspecified atom stereocenters. The second-order valence-corrected chi connectivity index (χ2v) is 7.12. The number of esters is 2. The Morgan fingerprint density at radius 3 is 2.00 bits per heavy atom. The number of rotatable bonds is 6. The van der Waals surface area contributed by atoms with E-state index in [2.05, 4.69) is 18.7 Å². The van der Waals surface area contributed by atoms with E-state index >= 15 is 0 Å². The van der Waals surface area contributed by atoms with Gasteiger partial charge in [0.25, 0.3) is 6.29 Å². The summed E-state index contributed by atoms with van der Waals surface area (Å²) in [6.45, 7) is 6.01. The molecule has 0 radical (unpaired) electrons. The Morgan fingerprint density at radius 2 is 1.50 bits per heavy atom. The molecule has 0 amide bonds. The van der Waals surface area contributed by atoms with Crippen LogP contribution in [0.1, 0.15) is 31.3 Å². The van der Waals surface area contributed by atoms with Gasteiger partial charge in [0.1, 0.15) is 5.57 Å². The fourth-order valence-electron chi connectivity index (χ4n) is 2.98. The number of benzene rings is 2. The Balaban J connectivity index is 1.75. The maximum absolute atomic E-state index is 12.4. The Kier molecular flexibility index (Phi) is 6.41. The van der Waals surface area contributed by atoms with Crippen molar-refractivity contribution in [2.75, 3.05) is 24.2 Å². The van der Waals surface area contributed by atoms with Gasteiger partial charge in [-0.2, -0.15) is 0 Å². The largest absolute Gasteiger partial charge is 0.417 e. The van der Waals surface area contributed by atoms with Gasteiger partial charge in [-0.1, -0.05) is 24.3 Å². The van der Waals surface area contributed by atoms with Gasteiger partial charge < -0.3 is 14.4 Å². The molecule has 146 valence electrons. The smallest absolute Gasteiger partial charge is 0.348 e. The first kappa shape index (κ1) is 20.0. The molecule has 2 aromatic rings. The van der Waals surface area contributed by atoms with Crippen LogP contribution in [-0.4, -0.2) is 31.3 Å². The molecule has 1 heterocycles. The normalized spacial score (nSPS) is 16.4. The third-order valence-corrected chi connectivity index (χ3v) is 5.33. The quantitative estimate of drug-likeness (QED) is 0.311. The van der Waals surface area contributed by atoms with Gasteiger partial charge in [-0.3, -0.25) is 0 Å². The molecule has 0 spiro atoms. The highest BCUT2D eigenvalue weighted by Crippen LogP contribution is 2.29. The molecule has 0 saturated carbocycles. The minimum atomic E-state index is -1.02. The van der Waals surface area contributed by atoms with Gasteiger partial charge >= 0.3 is 11.9 Å². The van der Waals surface area contributed by atoms with Crippen LogP contribution < -0.4 is 4.90 Å². The highest BCUT2D eigenvalue weighted by atomic mass is 32.2. The summed E-state index contributed by atoms with van der Waals surface area (Å²) < 4.78 is 10.7. The van der Waals surface area contributed by atoms with Crippen molar-refractivity contribution in [3.8, 4) is 0 Å². The topological polar surface area (TPSA) is 55.8 Å². The van der Waals surface area contributed by atoms with Crippen molar-refractivity contribution in [2.24, 2.45) is 0 Å². The van der Waals surface area contributed by atoms with Crippen LogP contribution in [0.25, 0.3) is 6.08 Å². The Labute approximate surface area is 169 Å². The molecule has 6 heteroatoms. The van der Waals surface area contributed by atoms with Crippen LogP contribution in [0.4, 0.5) is 5.69 Å². The van der Waals surface area contributed by atoms with E-state index in [9.17, 15) is 9.59 Å². The second-order valence-electron chi connectivity index (χ2n) is 6.24. The molecule has 0 bridgehead atoms. The predicted molar refractivity (Wildman–Crippen MR) is 111 cm³/mol. The fraction of sp³-hybridized carbons (Fsp3) is 0.273. The van der Waals surface area contributed by atoms with E-state index in [0.717, 1.165) is 29.2 Å². The Hall–Kier alpha value is -2.73. The summed E-state index contributed by atoms with van der Waals surface area (Å²) in [5.41, 5.74) is 2.35. The van der Waals surface area contributed by atoms with Crippen molar-refractivity contribution in [3.63, 3.8) is 0 Å². The average molecular weight is 397 g/mol. The van der Waals surface area contributed by atoms with Crippen LogP contribution in [0.2, 0.25) is 0 Å². The summed E-state index contributed by atoms with van der Waals surface area (Å²) in [7, 11) is 0. The molecule has 3 rings (SSSR count). The lowest BCUT2D eigenvalue weighted by atomic mass is 10.1. The summed E-state index contributed by atoms with van der Waals surface area (Å²) in [6.07, 6.45) is 2.46. The van der Waals surface area contributed by atoms with E-state index in [4.69, 9.17) is 9.47 Å². The Morgan fingerprint density at radius 1 is 0.929 bits per heavy atom. The maximum atomic E-state index is 12.4. The number of thioether (sulfide) groups is 1. The molecule has 0 N–H and O–H groups in total. The van der Waals surface area contributed by atoms with Crippen molar-refractivity contribution in [2.45, 2.75) is 25.0 Å². The van der Waals surface area contributed by atoms with E-state index in [1.165, 1.54) is 6.08 Å². The van der Waals surface area contributed by atoms with Crippen molar-refractivity contribution in [3.05, 3.63) is 65.2 Å². The number of nitrogens with zero attached hydrogens (tertiary/aromatic N) is 1. The number of ether oxygens (including phenoxy) is 2. The van der Waals surface area contributed by atoms with Crippen LogP contribution in [0.5, 0.6) is 0 Å². The maximum Gasteiger partial charge on any atom is 0.348 e. The first-order valence-corrected chi connectivity index (χ1v) is 10.4. The lowest BCUT2D eigenvalue weighted by molar-refractivity contribution is -0.195. The molecular formula is C22H23NO4S. The van der Waals surface area contributed by atoms with Gasteiger partial charge in [-0.15, -0.1) is 11.8 Å². The third kappa shape index (κ3) is 4.39. The molecule has 1 aliphatic heterocycles. The predicted octanol–water partition coefficient (Wildman–Crippen LogP) is 4.44. The zero-order valence-corrected chi connectivity index (χ0v) is 17.0. The minimum Gasteiger partial charge on any atom is -0.417 e. The molecule has 5 nitrogen and oxygen atoms in total. The summed E-state index contributed by atoms with van der Waals surface area (Å²) in [5, 5.41) is 0. The third-order valence-electron chi connectivity index (χ3n) is 4.59. The molecule has 0 atom stereocenters. The van der Waals surface area contributed by atoms with Crippen LogP contribution >= 0.6 is 11.8 Å². The monoisotopic (exact) mass is 397 g/mol. The van der Waals surface area contributed by atoms with E-state index in [1.807, 2.05) is 42.7 Å². The zero-order valence-electron chi connectivity index (χ0n) is 16.2. The number of anilines is 1. The van der Waals surface area contributed by atoms with Gasteiger partial charge in [0.2, 0.25) is 0 Å². The molecule has 1 saturated heterocycles. The van der Waals surface area contributed by atoms with Gasteiger partial charge in [-0.05, 0) is 56.0 Å². The van der Waals surface area contributed by atoms with Gasteiger partial charge in [-0.25, -0.2) is 9.59 Å². The number of hydrogen-bond donors (Lipinski definition) is 0. The van der Waals surface area contributed by atoms with Gasteiger partial charge in [0, 0.05) is 29.2 Å². The number of cyclic esters (lactones) is 2. The first-order chi connectivity index (χ1) is 13.5. The van der Waals surface area contributed by atoms with Crippen LogP contribution in [0.3, 0.4) is 0 Å². The molecule has 2 aromatic carbocycles.